The third-order valence-electron chi connectivity index (χ3n) is 3.57. The normalized spacial score (nSPS) is 10.5. The minimum Gasteiger partial charge on any atom is -0.295 e. The third-order valence-corrected chi connectivity index (χ3v) is 3.57. The smallest absolute Gasteiger partial charge is 0.275 e. The Morgan fingerprint density at radius 3 is 2.71 bits per heavy atom. The summed E-state index contributed by atoms with van der Waals surface area (Å²) >= 11 is 0. The number of nitrogens with zero attached hydrogens (tertiary/aromatic N) is 3. The number of carbonyl (C=O) groups excluding carboxylic acids is 1. The summed E-state index contributed by atoms with van der Waals surface area (Å²) in [5, 5.41) is 0. The molecule has 0 aliphatic rings. The Hall–Kier alpha value is -2.94. The molecule has 0 unspecified atom stereocenters. The Bertz CT molecular complexity index is 865. The molecule has 0 aliphatic heterocycles. The maximum Gasteiger partial charge on any atom is 0.275 e. The van der Waals surface area contributed by atoms with Crippen molar-refractivity contribution in [1.29, 1.82) is 0 Å². The Morgan fingerprint density at radius 2 is 2.08 bits per heavy atom. The van der Waals surface area contributed by atoms with Crippen LogP contribution in [-0.4, -0.2) is 22.5 Å². The lowest BCUT2D eigenvalue weighted by Gasteiger charge is -2.19. The van der Waals surface area contributed by atoms with Gasteiger partial charge < -0.3 is 0 Å². The Morgan fingerprint density at radius 1 is 1.38 bits per heavy atom. The van der Waals surface area contributed by atoms with Gasteiger partial charge in [0.2, 0.25) is 0 Å². The first kappa shape index (κ1) is 17.4. The summed E-state index contributed by atoms with van der Waals surface area (Å²) in [6, 6.07) is 7.05. The fourth-order valence-electron chi connectivity index (χ4n) is 2.28. The molecule has 0 aromatic carbocycles. The molecule has 6 heteroatoms. The van der Waals surface area contributed by atoms with Gasteiger partial charge in [-0.1, -0.05) is 25.8 Å². The largest absolute Gasteiger partial charge is 0.295 e. The molecule has 0 fully saturated rings. The zero-order valence-electron chi connectivity index (χ0n) is 13.8. The van der Waals surface area contributed by atoms with Gasteiger partial charge in [-0.05, 0) is 24.1 Å². The van der Waals surface area contributed by atoms with E-state index in [1.165, 1.54) is 46.8 Å². The molecule has 124 valence electrons. The van der Waals surface area contributed by atoms with Crippen molar-refractivity contribution in [3.05, 3.63) is 57.9 Å². The van der Waals surface area contributed by atoms with E-state index in [9.17, 15) is 14.0 Å². The second-order valence-electron chi connectivity index (χ2n) is 5.59. The van der Waals surface area contributed by atoms with Crippen LogP contribution >= 0.6 is 0 Å². The van der Waals surface area contributed by atoms with Gasteiger partial charge in [-0.25, -0.2) is 9.37 Å². The zero-order chi connectivity index (χ0) is 17.9. The van der Waals surface area contributed by atoms with E-state index in [1.807, 2.05) is 13.8 Å². The zero-order valence-corrected chi connectivity index (χ0v) is 13.8. The van der Waals surface area contributed by atoms with Crippen molar-refractivity contribution in [2.24, 2.45) is 0 Å². The second-order valence-corrected chi connectivity index (χ2v) is 5.59. The number of amides is 1. The van der Waals surface area contributed by atoms with Gasteiger partial charge in [0.1, 0.15) is 17.3 Å². The standard InChI is InChI=1S/C18H18FN3O2/c1-5-11-22-14(7-6-8-16(22)23)18(24)21(4)15-10-9-13(19)17(20-15)12(2)3/h1,6-10,12H,11H2,2-4H3. The second kappa shape index (κ2) is 7.09. The van der Waals surface area contributed by atoms with E-state index in [-0.39, 0.29) is 29.4 Å². The number of pyridine rings is 2. The highest BCUT2D eigenvalue weighted by Crippen LogP contribution is 2.21. The molecule has 2 heterocycles. The molecule has 2 aromatic heterocycles. The van der Waals surface area contributed by atoms with E-state index in [2.05, 4.69) is 10.9 Å². The van der Waals surface area contributed by atoms with Crippen LogP contribution in [0.3, 0.4) is 0 Å². The molecule has 0 aliphatic carbocycles. The molecule has 0 bridgehead atoms. The van der Waals surface area contributed by atoms with Gasteiger partial charge in [0.25, 0.3) is 11.5 Å². The molecule has 0 radical (unpaired) electrons. The van der Waals surface area contributed by atoms with Gasteiger partial charge in [0.15, 0.2) is 0 Å². The van der Waals surface area contributed by atoms with Crippen molar-refractivity contribution in [3.8, 4) is 12.3 Å². The number of anilines is 1. The Balaban J connectivity index is 2.45. The minimum atomic E-state index is -0.447. The van der Waals surface area contributed by atoms with E-state index in [0.717, 1.165) is 0 Å². The first-order valence-electron chi connectivity index (χ1n) is 7.44. The molecule has 0 saturated heterocycles. The third kappa shape index (κ3) is 3.35. The van der Waals surface area contributed by atoms with Gasteiger partial charge >= 0.3 is 0 Å². The number of hydrogen-bond donors (Lipinski definition) is 0. The van der Waals surface area contributed by atoms with Crippen LogP contribution in [0.1, 0.15) is 35.9 Å². The molecule has 5 nitrogen and oxygen atoms in total. The average Bonchev–Trinajstić information content (AvgIpc) is 2.55. The minimum absolute atomic E-state index is 0.0112. The lowest BCUT2D eigenvalue weighted by molar-refractivity contribution is 0.0982. The van der Waals surface area contributed by atoms with Gasteiger partial charge in [0.05, 0.1) is 12.2 Å². The number of carbonyl (C=O) groups is 1. The van der Waals surface area contributed by atoms with Crippen molar-refractivity contribution < 1.29 is 9.18 Å². The van der Waals surface area contributed by atoms with E-state index >= 15 is 0 Å². The Kier molecular flexibility index (Phi) is 5.14. The predicted molar refractivity (Wildman–Crippen MR) is 90.6 cm³/mol. The van der Waals surface area contributed by atoms with Crippen LogP contribution in [0, 0.1) is 18.2 Å². The first-order chi connectivity index (χ1) is 11.4. The summed E-state index contributed by atoms with van der Waals surface area (Å²) in [7, 11) is 1.52. The fourth-order valence-corrected chi connectivity index (χ4v) is 2.28. The van der Waals surface area contributed by atoms with Crippen LogP contribution in [-0.2, 0) is 6.54 Å². The quantitative estimate of drug-likeness (QED) is 0.811. The van der Waals surface area contributed by atoms with Crippen LogP contribution < -0.4 is 10.5 Å². The van der Waals surface area contributed by atoms with E-state index in [4.69, 9.17) is 6.42 Å². The maximum absolute atomic E-state index is 13.8. The predicted octanol–water partition coefficient (Wildman–Crippen LogP) is 2.42. The lowest BCUT2D eigenvalue weighted by atomic mass is 10.1. The molecule has 0 saturated carbocycles. The van der Waals surface area contributed by atoms with Crippen molar-refractivity contribution in [1.82, 2.24) is 9.55 Å². The summed E-state index contributed by atoms with van der Waals surface area (Å²) in [6.45, 7) is 3.63. The molecular weight excluding hydrogens is 309 g/mol. The molecule has 2 aromatic rings. The van der Waals surface area contributed by atoms with E-state index in [1.54, 1.807) is 0 Å². The van der Waals surface area contributed by atoms with Gasteiger partial charge in [-0.15, -0.1) is 6.42 Å². The van der Waals surface area contributed by atoms with Crippen LogP contribution in [0.15, 0.2) is 35.1 Å². The number of aromatic nitrogens is 2. The number of rotatable bonds is 4. The van der Waals surface area contributed by atoms with Crippen molar-refractivity contribution >= 4 is 11.7 Å². The SMILES string of the molecule is C#CCn1c(C(=O)N(C)c2ccc(F)c(C(C)C)n2)cccc1=O. The fraction of sp³-hybridized carbons (Fsp3) is 0.278. The summed E-state index contributed by atoms with van der Waals surface area (Å²) in [5.41, 5.74) is 0.0727. The van der Waals surface area contributed by atoms with Crippen LogP contribution in [0.25, 0.3) is 0 Å². The van der Waals surface area contributed by atoms with Gasteiger partial charge in [0, 0.05) is 13.1 Å². The maximum atomic E-state index is 13.8. The molecule has 0 atom stereocenters. The monoisotopic (exact) mass is 327 g/mol. The number of halogens is 1. The van der Waals surface area contributed by atoms with Gasteiger partial charge in [-0.3, -0.25) is 19.1 Å². The van der Waals surface area contributed by atoms with Crippen LogP contribution in [0.4, 0.5) is 10.2 Å². The highest BCUT2D eigenvalue weighted by molar-refractivity contribution is 6.04. The summed E-state index contributed by atoms with van der Waals surface area (Å²) < 4.78 is 15.0. The number of terminal acetylenes is 1. The highest BCUT2D eigenvalue weighted by Gasteiger charge is 2.20. The summed E-state index contributed by atoms with van der Waals surface area (Å²) in [6.07, 6.45) is 5.27. The van der Waals surface area contributed by atoms with Gasteiger partial charge in [-0.2, -0.15) is 0 Å². The summed E-state index contributed by atoms with van der Waals surface area (Å²) in [5.74, 6) is 1.67. The molecule has 24 heavy (non-hydrogen) atoms. The van der Waals surface area contributed by atoms with Crippen LogP contribution in [0.5, 0.6) is 0 Å². The molecule has 1 amide bonds. The summed E-state index contributed by atoms with van der Waals surface area (Å²) in [4.78, 5) is 30.1. The van der Waals surface area contributed by atoms with E-state index in [0.29, 0.717) is 5.82 Å². The topological polar surface area (TPSA) is 55.2 Å². The van der Waals surface area contributed by atoms with Crippen molar-refractivity contribution in [2.75, 3.05) is 11.9 Å². The first-order valence-corrected chi connectivity index (χ1v) is 7.44. The molecule has 0 N–H and O–H groups in total. The highest BCUT2D eigenvalue weighted by atomic mass is 19.1. The Labute approximate surface area is 139 Å². The van der Waals surface area contributed by atoms with Crippen molar-refractivity contribution in [2.45, 2.75) is 26.3 Å². The van der Waals surface area contributed by atoms with E-state index < -0.39 is 11.7 Å². The lowest BCUT2D eigenvalue weighted by Crippen LogP contribution is -2.34. The molecule has 2 rings (SSSR count). The molecular formula is C18H18FN3O2. The average molecular weight is 327 g/mol. The number of hydrogen-bond acceptors (Lipinski definition) is 3. The van der Waals surface area contributed by atoms with Crippen molar-refractivity contribution in [3.63, 3.8) is 0 Å². The molecule has 0 spiro atoms. The van der Waals surface area contributed by atoms with Crippen LogP contribution in [0.2, 0.25) is 0 Å².